The van der Waals surface area contributed by atoms with Gasteiger partial charge in [0.25, 0.3) is 0 Å². The number of carbonyl (C=O) groups is 2. The first kappa shape index (κ1) is 26.5. The van der Waals surface area contributed by atoms with E-state index in [1.54, 1.807) is 21.7 Å². The first-order valence-corrected chi connectivity index (χ1v) is 13.4. The maximum Gasteiger partial charge on any atom is 0.354 e. The highest BCUT2D eigenvalue weighted by Gasteiger charge is 2.51. The second-order valence-electron chi connectivity index (χ2n) is 10.9. The van der Waals surface area contributed by atoms with Gasteiger partial charge in [0.2, 0.25) is 0 Å². The Morgan fingerprint density at radius 2 is 1.95 bits per heavy atom. The lowest BCUT2D eigenvalue weighted by Crippen LogP contribution is -2.69. The molecule has 41 heavy (non-hydrogen) atoms. The highest BCUT2D eigenvalue weighted by Crippen LogP contribution is 2.32. The number of urea groups is 1. The van der Waals surface area contributed by atoms with Crippen LogP contribution in [-0.2, 0) is 0 Å². The molecule has 12 heteroatoms. The summed E-state index contributed by atoms with van der Waals surface area (Å²) in [6.45, 7) is 6.01. The van der Waals surface area contributed by atoms with Crippen molar-refractivity contribution in [3.05, 3.63) is 83.6 Å². The van der Waals surface area contributed by atoms with Crippen LogP contribution in [0.4, 0.5) is 10.5 Å². The first-order chi connectivity index (χ1) is 19.7. The number of benzene rings is 1. The predicted octanol–water partition coefficient (Wildman–Crippen LogP) is 2.63. The lowest BCUT2D eigenvalue weighted by molar-refractivity contribution is 0.0690. The van der Waals surface area contributed by atoms with Crippen molar-refractivity contribution >= 4 is 23.3 Å². The van der Waals surface area contributed by atoms with E-state index in [1.165, 1.54) is 17.8 Å². The molecule has 212 valence electrons. The molecule has 12 nitrogen and oxygen atoms in total. The standard InChI is InChI=1S/C29H31N7O5/c1-18-10-22(41-14-19(2)20-6-4-3-5-7-20)12-36-26(18)31-25(33-36)24(37)13-34-15-29(32-28(34)40)16-35(17-29)21-8-9-30-23(11-21)27(38)39/h3-12,19,24,37H,13-17H2,1-2H3,(H,32,40)(H,38,39)/t19-,24?/m0/s1. The number of fused-ring (bicyclic) bond motifs is 1. The van der Waals surface area contributed by atoms with E-state index in [0.717, 1.165) is 11.3 Å². The Labute approximate surface area is 236 Å². The molecule has 0 aliphatic carbocycles. The molecule has 0 bridgehead atoms. The summed E-state index contributed by atoms with van der Waals surface area (Å²) in [5.74, 6) is 0.00661. The summed E-state index contributed by atoms with van der Waals surface area (Å²) in [7, 11) is 0. The van der Waals surface area contributed by atoms with Gasteiger partial charge < -0.3 is 30.1 Å². The molecule has 3 N–H and O–H groups in total. The number of hydrogen-bond donors (Lipinski definition) is 3. The lowest BCUT2D eigenvalue weighted by Gasteiger charge is -2.48. The molecule has 2 saturated heterocycles. The molecule has 2 aliphatic heterocycles. The first-order valence-electron chi connectivity index (χ1n) is 13.4. The SMILES string of the molecule is Cc1cc(OC[C@H](C)c2ccccc2)cn2nc(C(O)CN3CC4(CN(c5ccnc(C(=O)O)c5)C4)NC3=O)nc12. The monoisotopic (exact) mass is 557 g/mol. The van der Waals surface area contributed by atoms with Crippen LogP contribution in [0.15, 0.2) is 60.9 Å². The van der Waals surface area contributed by atoms with Gasteiger partial charge in [-0.3, -0.25) is 0 Å². The largest absolute Gasteiger partial charge is 0.491 e. The Balaban J connectivity index is 1.08. The fourth-order valence-corrected chi connectivity index (χ4v) is 5.45. The summed E-state index contributed by atoms with van der Waals surface area (Å²) < 4.78 is 7.66. The highest BCUT2D eigenvalue weighted by molar-refractivity contribution is 5.86. The predicted molar refractivity (Wildman–Crippen MR) is 149 cm³/mol. The number of nitrogens with one attached hydrogen (secondary N) is 1. The number of pyridine rings is 2. The molecular formula is C29H31N7O5. The number of β-amino-alcohol motifs (C(OH)–C–C–N with tert-alkyl or cyclic N) is 1. The molecule has 6 rings (SSSR count). The number of carboxylic acids is 1. The van der Waals surface area contributed by atoms with E-state index in [-0.39, 0.29) is 30.0 Å². The number of nitrogens with zero attached hydrogens (tertiary/aromatic N) is 6. The maximum absolute atomic E-state index is 12.8. The number of rotatable bonds is 9. The van der Waals surface area contributed by atoms with Gasteiger partial charge in [-0.1, -0.05) is 37.3 Å². The van der Waals surface area contributed by atoms with Gasteiger partial charge >= 0.3 is 12.0 Å². The van der Waals surface area contributed by atoms with Crippen LogP contribution in [0, 0.1) is 6.92 Å². The normalized spacial score (nSPS) is 17.4. The zero-order chi connectivity index (χ0) is 28.7. The van der Waals surface area contributed by atoms with Crippen LogP contribution in [-0.4, -0.2) is 85.0 Å². The molecule has 1 unspecified atom stereocenters. The second-order valence-corrected chi connectivity index (χ2v) is 10.9. The van der Waals surface area contributed by atoms with Gasteiger partial charge in [-0.2, -0.15) is 0 Å². The summed E-state index contributed by atoms with van der Waals surface area (Å²) in [5, 5.41) is 27.7. The fourth-order valence-electron chi connectivity index (χ4n) is 5.45. The van der Waals surface area contributed by atoms with Gasteiger partial charge in [0.15, 0.2) is 11.5 Å². The molecule has 2 amide bonds. The van der Waals surface area contributed by atoms with Gasteiger partial charge in [-0.25, -0.2) is 24.1 Å². The third kappa shape index (κ3) is 5.25. The van der Waals surface area contributed by atoms with E-state index in [1.807, 2.05) is 36.1 Å². The van der Waals surface area contributed by atoms with Crippen LogP contribution in [0.2, 0.25) is 0 Å². The number of aliphatic hydroxyl groups excluding tert-OH is 1. The molecule has 2 fully saturated rings. The number of hydrogen-bond acceptors (Lipinski definition) is 8. The molecule has 5 heterocycles. The van der Waals surface area contributed by atoms with Crippen LogP contribution < -0.4 is 15.0 Å². The molecule has 0 saturated carbocycles. The number of ether oxygens (including phenoxy) is 1. The number of aliphatic hydroxyl groups is 1. The van der Waals surface area contributed by atoms with Crippen LogP contribution in [0.1, 0.15) is 46.4 Å². The Bertz CT molecular complexity index is 1600. The molecule has 1 aromatic carbocycles. The minimum Gasteiger partial charge on any atom is -0.491 e. The van der Waals surface area contributed by atoms with Crippen molar-refractivity contribution in [3.63, 3.8) is 0 Å². The van der Waals surface area contributed by atoms with Crippen LogP contribution >= 0.6 is 0 Å². The fraction of sp³-hybridized carbons (Fsp3) is 0.345. The zero-order valence-electron chi connectivity index (χ0n) is 22.8. The van der Waals surface area contributed by atoms with Crippen molar-refractivity contribution < 1.29 is 24.5 Å². The van der Waals surface area contributed by atoms with E-state index < -0.39 is 17.6 Å². The summed E-state index contributed by atoms with van der Waals surface area (Å²) in [5.41, 5.74) is 2.89. The number of aromatic nitrogens is 4. The van der Waals surface area contributed by atoms with Gasteiger partial charge in [-0.05, 0) is 36.2 Å². The zero-order valence-corrected chi connectivity index (χ0v) is 22.8. The number of carbonyl (C=O) groups excluding carboxylic acids is 1. The smallest absolute Gasteiger partial charge is 0.354 e. The Morgan fingerprint density at radius 1 is 1.17 bits per heavy atom. The molecule has 4 aromatic rings. The average Bonchev–Trinajstić information content (AvgIpc) is 3.53. The Kier molecular flexibility index (Phi) is 6.70. The quantitative estimate of drug-likeness (QED) is 0.283. The van der Waals surface area contributed by atoms with Crippen molar-refractivity contribution in [2.24, 2.45) is 0 Å². The molecule has 2 atom stereocenters. The minimum atomic E-state index is -1.09. The lowest BCUT2D eigenvalue weighted by atomic mass is 9.90. The Hall–Kier alpha value is -4.71. The van der Waals surface area contributed by atoms with E-state index in [9.17, 15) is 19.8 Å². The van der Waals surface area contributed by atoms with Crippen LogP contribution in [0.25, 0.3) is 5.65 Å². The van der Waals surface area contributed by atoms with E-state index in [4.69, 9.17) is 4.74 Å². The molecule has 2 aliphatic rings. The topological polar surface area (TPSA) is 145 Å². The van der Waals surface area contributed by atoms with Crippen LogP contribution in [0.5, 0.6) is 5.75 Å². The number of aryl methyl sites for hydroxylation is 1. The molecule has 1 spiro atoms. The number of amides is 2. The highest BCUT2D eigenvalue weighted by atomic mass is 16.5. The van der Waals surface area contributed by atoms with Gasteiger partial charge in [0.1, 0.15) is 17.5 Å². The van der Waals surface area contributed by atoms with E-state index >= 15 is 0 Å². The van der Waals surface area contributed by atoms with E-state index in [2.05, 4.69) is 39.4 Å². The van der Waals surface area contributed by atoms with Crippen molar-refractivity contribution in [1.82, 2.24) is 29.8 Å². The van der Waals surface area contributed by atoms with Crippen molar-refractivity contribution in [2.45, 2.75) is 31.4 Å². The third-order valence-electron chi connectivity index (χ3n) is 7.64. The molecule has 3 aromatic heterocycles. The number of anilines is 1. The van der Waals surface area contributed by atoms with Crippen LogP contribution in [0.3, 0.4) is 0 Å². The van der Waals surface area contributed by atoms with Crippen molar-refractivity contribution in [3.8, 4) is 5.75 Å². The van der Waals surface area contributed by atoms with E-state index in [0.29, 0.717) is 37.6 Å². The van der Waals surface area contributed by atoms with Gasteiger partial charge in [-0.15, -0.1) is 5.10 Å². The Morgan fingerprint density at radius 3 is 2.71 bits per heavy atom. The second kappa shape index (κ2) is 10.4. The number of aromatic carboxylic acids is 1. The van der Waals surface area contributed by atoms with Gasteiger partial charge in [0, 0.05) is 37.4 Å². The minimum absolute atomic E-state index is 0.0285. The summed E-state index contributed by atoms with van der Waals surface area (Å²) >= 11 is 0. The molecule has 0 radical (unpaired) electrons. The third-order valence-corrected chi connectivity index (χ3v) is 7.64. The summed E-state index contributed by atoms with van der Waals surface area (Å²) in [6, 6.07) is 15.1. The number of carboxylic acid groups (broad SMARTS) is 1. The summed E-state index contributed by atoms with van der Waals surface area (Å²) in [4.78, 5) is 36.0. The van der Waals surface area contributed by atoms with Crippen molar-refractivity contribution in [1.29, 1.82) is 0 Å². The van der Waals surface area contributed by atoms with Gasteiger partial charge in [0.05, 0.1) is 24.9 Å². The molecular weight excluding hydrogens is 526 g/mol. The maximum atomic E-state index is 12.8. The van der Waals surface area contributed by atoms with Crippen molar-refractivity contribution in [2.75, 3.05) is 37.7 Å². The summed E-state index contributed by atoms with van der Waals surface area (Å²) in [6.07, 6.45) is 2.13. The average molecular weight is 558 g/mol.